The van der Waals surface area contributed by atoms with Crippen LogP contribution < -0.4 is 10.6 Å². The van der Waals surface area contributed by atoms with Crippen LogP contribution in [-0.2, 0) is 41.7 Å². The van der Waals surface area contributed by atoms with E-state index >= 15 is 0 Å². The number of aromatic hydroxyl groups is 1. The number of hydrogen-bond acceptors (Lipinski definition) is 12. The second kappa shape index (κ2) is 27.5. The number of unbranched alkanes of at least 4 members (excludes halogenated alkanes) is 1. The molecule has 14 nitrogen and oxygen atoms in total. The maximum Gasteiger partial charge on any atom is 0.309 e. The predicted molar refractivity (Wildman–Crippen MR) is 301 cm³/mol. The number of carbonyl (C=O) groups is 2. The molecule has 1 saturated heterocycles. The molecule has 6 bridgehead atoms. The van der Waals surface area contributed by atoms with Crippen molar-refractivity contribution in [1.29, 1.82) is 0 Å². The molecule has 14 heteroatoms. The molecule has 0 unspecified atom stereocenters. The van der Waals surface area contributed by atoms with Gasteiger partial charge >= 0.3 is 11.9 Å². The van der Waals surface area contributed by atoms with E-state index in [2.05, 4.69) is 22.5 Å². The van der Waals surface area contributed by atoms with E-state index in [1.807, 2.05) is 56.3 Å². The van der Waals surface area contributed by atoms with Gasteiger partial charge in [0, 0.05) is 36.5 Å². The molecule has 0 amide bonds. The molecule has 4 aliphatic heterocycles. The third-order valence-electron chi connectivity index (χ3n) is 18.0. The zero-order valence-corrected chi connectivity index (χ0v) is 46.1. The summed E-state index contributed by atoms with van der Waals surface area (Å²) in [6.07, 6.45) is 5.11. The minimum Gasteiger partial charge on any atom is -0.508 e. The van der Waals surface area contributed by atoms with Crippen LogP contribution in [0.1, 0.15) is 157 Å². The summed E-state index contributed by atoms with van der Waals surface area (Å²) in [5.41, 5.74) is 1.75. The number of nitrogens with one attached hydrogen (secondary N) is 2. The molecule has 426 valence electrons. The third kappa shape index (κ3) is 15.3. The fraction of sp³-hybridized carbons (Fsp3) is 0.594. The van der Waals surface area contributed by atoms with Gasteiger partial charge in [-0.1, -0.05) is 112 Å². The van der Waals surface area contributed by atoms with Crippen LogP contribution in [0.25, 0.3) is 0 Å². The van der Waals surface area contributed by atoms with Crippen LogP contribution >= 0.6 is 0 Å². The molecule has 0 radical (unpaired) electrons. The Morgan fingerprint density at radius 2 is 1.65 bits per heavy atom. The van der Waals surface area contributed by atoms with Gasteiger partial charge in [0.05, 0.1) is 60.1 Å². The van der Waals surface area contributed by atoms with Crippen LogP contribution in [0.5, 0.6) is 5.75 Å². The number of fused-ring (bicyclic) bond motifs is 6. The smallest absolute Gasteiger partial charge is 0.309 e. The number of carboxylic acids is 2. The number of aliphatic hydroxyl groups is 7. The molecule has 1 saturated carbocycles. The van der Waals surface area contributed by atoms with Crippen LogP contribution in [0.15, 0.2) is 90.0 Å². The first kappa shape index (κ1) is 60.7. The van der Waals surface area contributed by atoms with E-state index in [0.29, 0.717) is 68.1 Å². The number of phenols is 1. The van der Waals surface area contributed by atoms with E-state index < -0.39 is 89.5 Å². The van der Waals surface area contributed by atoms with Gasteiger partial charge < -0.3 is 61.7 Å². The highest BCUT2D eigenvalue weighted by molar-refractivity contribution is 5.75. The fourth-order valence-electron chi connectivity index (χ4n) is 13.3. The first-order valence-electron chi connectivity index (χ1n) is 28.8. The summed E-state index contributed by atoms with van der Waals surface area (Å²) >= 11 is 0. The minimum absolute atomic E-state index is 0.0355. The molecule has 1 aliphatic carbocycles. The second-order valence-electron chi connectivity index (χ2n) is 23.8. The molecular formula is C64H88N2O12. The summed E-state index contributed by atoms with van der Waals surface area (Å²) in [5, 5.41) is 124. The lowest BCUT2D eigenvalue weighted by Gasteiger charge is -2.49. The first-order valence-corrected chi connectivity index (χ1v) is 28.8. The summed E-state index contributed by atoms with van der Waals surface area (Å²) in [6.45, 7) is 5.15. The normalized spacial score (nSPS) is 29.0. The quantitative estimate of drug-likeness (QED) is 0.0608. The Kier molecular flexibility index (Phi) is 21.4. The van der Waals surface area contributed by atoms with E-state index in [4.69, 9.17) is 0 Å². The second-order valence-corrected chi connectivity index (χ2v) is 23.8. The summed E-state index contributed by atoms with van der Waals surface area (Å²) in [7, 11) is 0. The Bertz CT molecular complexity index is 2600. The van der Waals surface area contributed by atoms with E-state index in [1.54, 1.807) is 43.3 Å². The van der Waals surface area contributed by atoms with E-state index in [1.165, 1.54) is 0 Å². The van der Waals surface area contributed by atoms with E-state index in [-0.39, 0.29) is 69.6 Å². The lowest BCUT2D eigenvalue weighted by Crippen LogP contribution is -2.66. The van der Waals surface area contributed by atoms with Crippen LogP contribution in [0.2, 0.25) is 0 Å². The summed E-state index contributed by atoms with van der Waals surface area (Å²) in [6, 6.07) is 18.6. The van der Waals surface area contributed by atoms with Crippen molar-refractivity contribution in [3.63, 3.8) is 0 Å². The molecule has 5 aliphatic rings. The molecule has 12 N–H and O–H groups in total. The number of aliphatic carboxylic acids is 2. The maximum absolute atomic E-state index is 13.7. The van der Waals surface area contributed by atoms with E-state index in [0.717, 1.165) is 53.5 Å². The molecule has 0 spiro atoms. The predicted octanol–water partition coefficient (Wildman–Crippen LogP) is 7.00. The molecule has 8 rings (SSSR count). The topological polar surface area (TPSA) is 260 Å². The van der Waals surface area contributed by atoms with Crippen molar-refractivity contribution in [3.8, 4) is 17.6 Å². The number of phenolic OH excluding ortho intramolecular Hbond substituents is 1. The number of carboxylic acid groups (broad SMARTS) is 2. The van der Waals surface area contributed by atoms with Crippen LogP contribution in [0, 0.1) is 29.1 Å². The summed E-state index contributed by atoms with van der Waals surface area (Å²) in [5.74, 6) is 3.78. The summed E-state index contributed by atoms with van der Waals surface area (Å²) in [4.78, 5) is 26.4. The minimum atomic E-state index is -1.71. The first-order chi connectivity index (χ1) is 37.3. The van der Waals surface area contributed by atoms with Crippen molar-refractivity contribution >= 4 is 11.9 Å². The zero-order chi connectivity index (χ0) is 56.2. The molecule has 2 fully saturated rings. The molecule has 3 aromatic carbocycles. The van der Waals surface area contributed by atoms with Crippen LogP contribution in [0.4, 0.5) is 0 Å². The number of allylic oxidation sites excluding steroid dienone is 2. The molecule has 12 atom stereocenters. The van der Waals surface area contributed by atoms with Gasteiger partial charge in [-0.2, -0.15) is 0 Å². The molecule has 0 aromatic heterocycles. The monoisotopic (exact) mass is 1080 g/mol. The Labute approximate surface area is 461 Å². The number of hydrogen-bond donors (Lipinski definition) is 12. The van der Waals surface area contributed by atoms with Crippen molar-refractivity contribution in [3.05, 3.63) is 123 Å². The maximum atomic E-state index is 13.7. The zero-order valence-electron chi connectivity index (χ0n) is 46.1. The lowest BCUT2D eigenvalue weighted by molar-refractivity contribution is -0.151. The highest BCUT2D eigenvalue weighted by atomic mass is 16.4. The van der Waals surface area contributed by atoms with Crippen molar-refractivity contribution in [2.24, 2.45) is 17.3 Å². The van der Waals surface area contributed by atoms with Gasteiger partial charge in [0.2, 0.25) is 0 Å². The Morgan fingerprint density at radius 3 is 2.36 bits per heavy atom. The SMILES string of the molecule is CCCC[C@H](O)[C@H](O)/C=C/C1=C(\C[C@H](O)CO)[C@H]2CC[C@@H](O)[C@@H]3N[C@@H](C)CC[C@H]([C@H]3CC(=O)O)[C@H](O)Cc3ccc(cc3CC3(C(=O)O)CCCCC3)C[C@@]([C@@](C)(O)Cc3ccc(O)cc3)(CC#Cc3ccccc3CC1)N2. The third-order valence-corrected chi connectivity index (χ3v) is 18.0. The number of rotatable bonds is 17. The van der Waals surface area contributed by atoms with Gasteiger partial charge in [-0.3, -0.25) is 9.59 Å². The average molecular weight is 1080 g/mol. The molecular weight excluding hydrogens is 989 g/mol. The Balaban J connectivity index is 1.55. The van der Waals surface area contributed by atoms with Gasteiger partial charge in [0.15, 0.2) is 0 Å². The van der Waals surface area contributed by atoms with Gasteiger partial charge in [0.25, 0.3) is 0 Å². The highest BCUT2D eigenvalue weighted by Gasteiger charge is 2.50. The van der Waals surface area contributed by atoms with Crippen molar-refractivity contribution in [2.45, 2.75) is 215 Å². The molecule has 3 aromatic rings. The Morgan fingerprint density at radius 1 is 0.910 bits per heavy atom. The fourth-order valence-corrected chi connectivity index (χ4v) is 13.3. The van der Waals surface area contributed by atoms with Gasteiger partial charge in [-0.05, 0) is 166 Å². The number of aliphatic hydroxyl groups excluding tert-OH is 6. The number of benzene rings is 3. The van der Waals surface area contributed by atoms with Crippen LogP contribution in [-0.4, -0.2) is 129 Å². The van der Waals surface area contributed by atoms with Crippen molar-refractivity contribution < 1.29 is 60.7 Å². The largest absolute Gasteiger partial charge is 0.508 e. The molecule has 78 heavy (non-hydrogen) atoms. The molecule has 4 heterocycles. The van der Waals surface area contributed by atoms with E-state index in [9.17, 15) is 60.7 Å². The van der Waals surface area contributed by atoms with Crippen LogP contribution in [0.3, 0.4) is 0 Å². The number of aryl methyl sites for hydroxylation is 1. The Hall–Kier alpha value is -4.92. The van der Waals surface area contributed by atoms with Crippen molar-refractivity contribution in [2.75, 3.05) is 6.61 Å². The standard InChI is InChI=1S/C64H88N2O12/c1-4-5-15-55(70)56(71)28-23-46-22-21-45-13-8-7-12-44(45)14-11-32-64(62(3,78)37-42-18-24-49(68)25-19-42)38-43-17-20-47(48(33-43)39-63(61(76)77)30-9-6-10-31-63)34-58(73)51-26-16-41(2)65-60(53(51)36-59(74)75)57(72)29-27-54(66-64)52(46)35-50(69)40-67/h7-8,12-13,17-20,23-25,28,33,41,50-51,53-58,60,65-73,78H,4-6,9-10,15-16,21-22,26-27,29-32,34-40H2,1-3H3,(H,74,75)(H,76,77)/b28-23+,52-46+/t41-,50-,51+,53+,54+,55-,56+,57+,58+,60+,62-,64+/m0/s1. The highest BCUT2D eigenvalue weighted by Crippen LogP contribution is 2.44. The van der Waals surface area contributed by atoms with Gasteiger partial charge in [-0.25, -0.2) is 0 Å². The van der Waals surface area contributed by atoms with Crippen molar-refractivity contribution in [1.82, 2.24) is 10.6 Å². The van der Waals surface area contributed by atoms with Gasteiger partial charge in [0.1, 0.15) is 5.75 Å². The summed E-state index contributed by atoms with van der Waals surface area (Å²) < 4.78 is 0. The lowest BCUT2D eigenvalue weighted by atomic mass is 9.68. The average Bonchev–Trinajstić information content (AvgIpc) is 3.69. The van der Waals surface area contributed by atoms with Gasteiger partial charge in [-0.15, -0.1) is 0 Å².